The lowest BCUT2D eigenvalue weighted by Gasteiger charge is -2.37. The highest BCUT2D eigenvalue weighted by atomic mass is 32.2. The van der Waals surface area contributed by atoms with Gasteiger partial charge < -0.3 is 10.1 Å². The Kier molecular flexibility index (Phi) is 6.61. The molecule has 0 bridgehead atoms. The standard InChI is InChI=1S/C22H23F5N8O3S/c1-11(19(24)25)35-15-8-12(4-5-14(15)30-32-35)17-13(23)9-34-18(17)20(38-2)29-21(31-34)28-16-6-7-33(39(3,36)37)10-22(16,26)27/h4-5,8-9,11,16,19H,6-7,10H2,1-3H3,(H,28,31)/t11-,16+/m0/s1. The van der Waals surface area contributed by atoms with Crippen LogP contribution in [0.2, 0.25) is 0 Å². The van der Waals surface area contributed by atoms with E-state index in [9.17, 15) is 26.0 Å². The number of methoxy groups -OCH3 is 1. The molecule has 0 spiro atoms. The first-order valence-electron chi connectivity index (χ1n) is 11.7. The van der Waals surface area contributed by atoms with Crippen LogP contribution in [0.25, 0.3) is 27.7 Å². The zero-order valence-corrected chi connectivity index (χ0v) is 21.6. The summed E-state index contributed by atoms with van der Waals surface area (Å²) in [7, 11) is -2.54. The normalized spacial score (nSPS) is 19.2. The number of rotatable bonds is 7. The maximum Gasteiger partial charge on any atom is 0.281 e. The van der Waals surface area contributed by atoms with Gasteiger partial charge in [0.05, 0.1) is 43.2 Å². The molecule has 39 heavy (non-hydrogen) atoms. The SMILES string of the molecule is COc1nc(N[C@@H]2CCN(S(C)(=O)=O)CC2(F)F)nn2cc(F)c(-c3ccc4nnn([C@@H](C)C(F)F)c4c3)c12. The van der Waals surface area contributed by atoms with Gasteiger partial charge in [-0.05, 0) is 31.0 Å². The van der Waals surface area contributed by atoms with Crippen LogP contribution in [-0.2, 0) is 10.0 Å². The summed E-state index contributed by atoms with van der Waals surface area (Å²) in [5, 5.41) is 14.3. The molecular weight excluding hydrogens is 551 g/mol. The zero-order chi connectivity index (χ0) is 28.3. The number of halogens is 5. The molecule has 0 saturated carbocycles. The Bertz CT molecular complexity index is 1660. The van der Waals surface area contributed by atoms with Crippen molar-refractivity contribution >= 4 is 32.5 Å². The van der Waals surface area contributed by atoms with Crippen molar-refractivity contribution in [2.75, 3.05) is 31.8 Å². The molecule has 1 aliphatic rings. The third-order valence-electron chi connectivity index (χ3n) is 6.59. The van der Waals surface area contributed by atoms with Crippen LogP contribution in [0.1, 0.15) is 19.4 Å². The number of fused-ring (bicyclic) bond motifs is 2. The highest BCUT2D eigenvalue weighted by molar-refractivity contribution is 7.88. The van der Waals surface area contributed by atoms with Crippen molar-refractivity contribution in [1.82, 2.24) is 33.9 Å². The van der Waals surface area contributed by atoms with Crippen LogP contribution < -0.4 is 10.1 Å². The number of piperidine rings is 1. The molecular formula is C22H23F5N8O3S. The van der Waals surface area contributed by atoms with Crippen molar-refractivity contribution in [1.29, 1.82) is 0 Å². The summed E-state index contributed by atoms with van der Waals surface area (Å²) in [6.07, 6.45) is -1.07. The number of benzene rings is 1. The van der Waals surface area contributed by atoms with E-state index in [1.54, 1.807) is 0 Å². The molecule has 3 aromatic heterocycles. The van der Waals surface area contributed by atoms with E-state index >= 15 is 4.39 Å². The van der Waals surface area contributed by atoms with Crippen molar-refractivity contribution in [2.24, 2.45) is 0 Å². The molecule has 0 aliphatic carbocycles. The zero-order valence-electron chi connectivity index (χ0n) is 20.8. The smallest absolute Gasteiger partial charge is 0.281 e. The second kappa shape index (κ2) is 9.55. The minimum absolute atomic E-state index is 0.00968. The van der Waals surface area contributed by atoms with E-state index in [4.69, 9.17) is 4.74 Å². The molecule has 1 N–H and O–H groups in total. The first-order chi connectivity index (χ1) is 18.3. The minimum Gasteiger partial charge on any atom is -0.479 e. The van der Waals surface area contributed by atoms with Crippen LogP contribution in [0.15, 0.2) is 24.4 Å². The van der Waals surface area contributed by atoms with Gasteiger partial charge in [0.1, 0.15) is 17.1 Å². The fourth-order valence-corrected chi connectivity index (χ4v) is 5.37. The summed E-state index contributed by atoms with van der Waals surface area (Å²) >= 11 is 0. The summed E-state index contributed by atoms with van der Waals surface area (Å²) in [6, 6.07) is 1.70. The van der Waals surface area contributed by atoms with E-state index in [-0.39, 0.29) is 47.0 Å². The average Bonchev–Trinajstić information content (AvgIpc) is 3.43. The van der Waals surface area contributed by atoms with E-state index in [1.165, 1.54) is 32.2 Å². The van der Waals surface area contributed by atoms with Gasteiger partial charge in [0.2, 0.25) is 21.9 Å². The summed E-state index contributed by atoms with van der Waals surface area (Å²) in [4.78, 5) is 4.14. The molecule has 0 radical (unpaired) electrons. The minimum atomic E-state index is -3.80. The van der Waals surface area contributed by atoms with E-state index < -0.39 is 46.8 Å². The summed E-state index contributed by atoms with van der Waals surface area (Å²) in [5.74, 6) is -4.63. The molecule has 1 aliphatic heterocycles. The van der Waals surface area contributed by atoms with Gasteiger partial charge in [-0.25, -0.2) is 39.6 Å². The van der Waals surface area contributed by atoms with E-state index in [1.807, 2.05) is 0 Å². The Hall–Kier alpha value is -3.60. The van der Waals surface area contributed by atoms with Crippen LogP contribution in [0.5, 0.6) is 5.88 Å². The Morgan fingerprint density at radius 2 is 2.00 bits per heavy atom. The Morgan fingerprint density at radius 3 is 2.64 bits per heavy atom. The third-order valence-corrected chi connectivity index (χ3v) is 7.84. The monoisotopic (exact) mass is 574 g/mol. The van der Waals surface area contributed by atoms with Crippen molar-refractivity contribution < 1.29 is 35.1 Å². The highest BCUT2D eigenvalue weighted by Crippen LogP contribution is 2.37. The fraction of sp³-hybridized carbons (Fsp3) is 0.455. The van der Waals surface area contributed by atoms with Crippen LogP contribution in [0.4, 0.5) is 27.9 Å². The lowest BCUT2D eigenvalue weighted by atomic mass is 10.0. The van der Waals surface area contributed by atoms with Crippen molar-refractivity contribution in [3.05, 3.63) is 30.2 Å². The Morgan fingerprint density at radius 1 is 1.26 bits per heavy atom. The Balaban J connectivity index is 1.53. The molecule has 1 saturated heterocycles. The van der Waals surface area contributed by atoms with Crippen molar-refractivity contribution in [2.45, 2.75) is 37.8 Å². The van der Waals surface area contributed by atoms with Gasteiger partial charge in [0.25, 0.3) is 12.3 Å². The maximum atomic E-state index is 15.3. The molecule has 4 aromatic rings. The number of hydrogen-bond acceptors (Lipinski definition) is 8. The number of anilines is 1. The number of ether oxygens (including phenoxy) is 1. The molecule has 210 valence electrons. The number of nitrogens with zero attached hydrogens (tertiary/aromatic N) is 7. The summed E-state index contributed by atoms with van der Waals surface area (Å²) in [5.41, 5.74) is 0.909. The van der Waals surface area contributed by atoms with E-state index in [0.29, 0.717) is 9.82 Å². The number of aromatic nitrogens is 6. The van der Waals surface area contributed by atoms with Gasteiger partial charge in [-0.15, -0.1) is 10.2 Å². The van der Waals surface area contributed by atoms with Crippen molar-refractivity contribution in [3.8, 4) is 17.0 Å². The van der Waals surface area contributed by atoms with Crippen LogP contribution in [0.3, 0.4) is 0 Å². The van der Waals surface area contributed by atoms with Crippen molar-refractivity contribution in [3.63, 3.8) is 0 Å². The average molecular weight is 575 g/mol. The summed E-state index contributed by atoms with van der Waals surface area (Å²) < 4.78 is 103. The first kappa shape index (κ1) is 27.0. The van der Waals surface area contributed by atoms with Gasteiger partial charge in [0.15, 0.2) is 5.82 Å². The van der Waals surface area contributed by atoms with E-state index in [2.05, 4.69) is 25.7 Å². The predicted molar refractivity (Wildman–Crippen MR) is 130 cm³/mol. The molecule has 0 amide bonds. The molecule has 1 fully saturated rings. The van der Waals surface area contributed by atoms with Gasteiger partial charge >= 0.3 is 0 Å². The van der Waals surface area contributed by atoms with Gasteiger partial charge in [-0.2, -0.15) is 9.29 Å². The van der Waals surface area contributed by atoms with Gasteiger partial charge in [-0.1, -0.05) is 11.3 Å². The fourth-order valence-electron chi connectivity index (χ4n) is 4.52. The summed E-state index contributed by atoms with van der Waals surface area (Å²) in [6.45, 7) is 0.134. The number of hydrogen-bond donors (Lipinski definition) is 1. The predicted octanol–water partition coefficient (Wildman–Crippen LogP) is 3.20. The molecule has 11 nitrogen and oxygen atoms in total. The quantitative estimate of drug-likeness (QED) is 0.335. The van der Waals surface area contributed by atoms with E-state index in [0.717, 1.165) is 21.6 Å². The second-order valence-corrected chi connectivity index (χ2v) is 11.2. The topological polar surface area (TPSA) is 120 Å². The van der Waals surface area contributed by atoms with Gasteiger partial charge in [0, 0.05) is 6.54 Å². The molecule has 0 unspecified atom stereocenters. The number of alkyl halides is 4. The molecule has 17 heteroatoms. The number of nitrogens with one attached hydrogen (secondary N) is 1. The van der Waals surface area contributed by atoms with Crippen LogP contribution >= 0.6 is 0 Å². The largest absolute Gasteiger partial charge is 0.479 e. The third kappa shape index (κ3) is 4.84. The molecule has 4 heterocycles. The first-order valence-corrected chi connectivity index (χ1v) is 13.5. The maximum absolute atomic E-state index is 15.3. The molecule has 1 aromatic carbocycles. The van der Waals surface area contributed by atoms with Crippen LogP contribution in [-0.4, -0.2) is 87.2 Å². The number of sulfonamides is 1. The molecule has 2 atom stereocenters. The molecule has 5 rings (SSSR count). The lowest BCUT2D eigenvalue weighted by molar-refractivity contribution is -0.0541. The second-order valence-electron chi connectivity index (χ2n) is 9.25. The lowest BCUT2D eigenvalue weighted by Crippen LogP contribution is -2.55. The Labute approximate surface area is 218 Å². The van der Waals surface area contributed by atoms with Crippen LogP contribution in [0, 0.1) is 5.82 Å². The highest BCUT2D eigenvalue weighted by Gasteiger charge is 2.47. The van der Waals surface area contributed by atoms with Gasteiger partial charge in [-0.3, -0.25) is 0 Å².